The summed E-state index contributed by atoms with van der Waals surface area (Å²) < 4.78 is 5.58. The first-order valence-electron chi connectivity index (χ1n) is 6.16. The Balaban J connectivity index is 0.000000173. The van der Waals surface area contributed by atoms with Crippen LogP contribution in [-0.2, 0) is 0 Å². The van der Waals surface area contributed by atoms with Crippen LogP contribution in [0, 0.1) is 0 Å². The minimum atomic E-state index is -0.958. The van der Waals surface area contributed by atoms with Gasteiger partial charge < -0.3 is 9.84 Å². The van der Waals surface area contributed by atoms with Crippen molar-refractivity contribution in [2.45, 2.75) is 0 Å². The van der Waals surface area contributed by atoms with Gasteiger partial charge in [-0.25, -0.2) is 9.78 Å². The molecule has 0 aliphatic carbocycles. The highest BCUT2D eigenvalue weighted by atomic mass is 32.1. The van der Waals surface area contributed by atoms with Gasteiger partial charge in [-0.1, -0.05) is 36.4 Å². The highest BCUT2D eigenvalue weighted by molar-refractivity contribution is 7.11. The molecule has 1 heterocycles. The van der Waals surface area contributed by atoms with Crippen molar-refractivity contribution in [1.29, 1.82) is 0 Å². The number of aromatic nitrogens is 1. The zero-order valence-electron chi connectivity index (χ0n) is 11.0. The summed E-state index contributed by atoms with van der Waals surface area (Å²) in [5, 5.41) is 9.99. The van der Waals surface area contributed by atoms with Crippen LogP contribution in [0.4, 0.5) is 0 Å². The third kappa shape index (κ3) is 5.08. The number of nitrogens with zero attached hydrogens (tertiary/aromatic N) is 1. The van der Waals surface area contributed by atoms with Crippen molar-refractivity contribution >= 4 is 17.3 Å². The maximum Gasteiger partial charge on any atom is 0.364 e. The molecule has 0 atom stereocenters. The van der Waals surface area contributed by atoms with Crippen molar-refractivity contribution in [3.8, 4) is 11.5 Å². The Kier molecular flexibility index (Phi) is 5.49. The molecule has 0 radical (unpaired) electrons. The van der Waals surface area contributed by atoms with Gasteiger partial charge in [0.1, 0.15) is 11.5 Å². The summed E-state index contributed by atoms with van der Waals surface area (Å²) in [7, 11) is 0. The first-order valence-corrected chi connectivity index (χ1v) is 7.04. The van der Waals surface area contributed by atoms with Gasteiger partial charge in [0.2, 0.25) is 5.01 Å². The van der Waals surface area contributed by atoms with Gasteiger partial charge in [0, 0.05) is 11.6 Å². The maximum absolute atomic E-state index is 10.0. The van der Waals surface area contributed by atoms with E-state index in [1.54, 1.807) is 5.38 Å². The number of hydrogen-bond acceptors (Lipinski definition) is 4. The Morgan fingerprint density at radius 3 is 1.81 bits per heavy atom. The molecule has 5 heteroatoms. The topological polar surface area (TPSA) is 59.4 Å². The number of carboxylic acid groups (broad SMARTS) is 1. The molecule has 0 saturated heterocycles. The van der Waals surface area contributed by atoms with E-state index >= 15 is 0 Å². The molecule has 2 aromatic carbocycles. The summed E-state index contributed by atoms with van der Waals surface area (Å²) in [5.41, 5.74) is 0. The number of carbonyl (C=O) groups is 1. The summed E-state index contributed by atoms with van der Waals surface area (Å²) in [6.07, 6.45) is 1.47. The molecule has 0 amide bonds. The van der Waals surface area contributed by atoms with Crippen LogP contribution in [0.5, 0.6) is 11.5 Å². The van der Waals surface area contributed by atoms with E-state index in [1.165, 1.54) is 6.20 Å². The molecular formula is C16H13NO3S. The number of hydrogen-bond donors (Lipinski definition) is 1. The Morgan fingerprint density at radius 1 is 0.952 bits per heavy atom. The molecular weight excluding hydrogens is 286 g/mol. The van der Waals surface area contributed by atoms with Gasteiger partial charge in [-0.15, -0.1) is 11.3 Å². The molecule has 1 aromatic heterocycles. The number of benzene rings is 2. The van der Waals surface area contributed by atoms with Gasteiger partial charge in [0.15, 0.2) is 0 Å². The molecule has 21 heavy (non-hydrogen) atoms. The molecule has 1 N–H and O–H groups in total. The molecule has 0 fully saturated rings. The predicted octanol–water partition coefficient (Wildman–Crippen LogP) is 4.32. The molecule has 0 spiro atoms. The van der Waals surface area contributed by atoms with Crippen molar-refractivity contribution < 1.29 is 14.6 Å². The fourth-order valence-electron chi connectivity index (χ4n) is 1.44. The molecule has 0 aliphatic rings. The van der Waals surface area contributed by atoms with E-state index in [9.17, 15) is 4.79 Å². The van der Waals surface area contributed by atoms with Crippen molar-refractivity contribution in [2.24, 2.45) is 0 Å². The van der Waals surface area contributed by atoms with Crippen LogP contribution < -0.4 is 4.74 Å². The van der Waals surface area contributed by atoms with Crippen LogP contribution in [0.1, 0.15) is 9.80 Å². The SMILES string of the molecule is O=C(O)c1nccs1.c1ccc(Oc2ccccc2)cc1. The minimum Gasteiger partial charge on any atom is -0.476 e. The van der Waals surface area contributed by atoms with Crippen LogP contribution in [0.15, 0.2) is 72.2 Å². The maximum atomic E-state index is 10.0. The molecule has 0 unspecified atom stereocenters. The Labute approximate surface area is 126 Å². The van der Waals surface area contributed by atoms with Crippen molar-refractivity contribution in [2.75, 3.05) is 0 Å². The van der Waals surface area contributed by atoms with Crippen molar-refractivity contribution in [3.05, 3.63) is 77.2 Å². The molecule has 3 aromatic rings. The molecule has 106 valence electrons. The summed E-state index contributed by atoms with van der Waals surface area (Å²) >= 11 is 1.12. The Bertz CT molecular complexity index is 617. The van der Waals surface area contributed by atoms with E-state index in [0.717, 1.165) is 22.8 Å². The molecule has 0 saturated carbocycles. The lowest BCUT2D eigenvalue weighted by Gasteiger charge is -2.03. The fraction of sp³-hybridized carbons (Fsp3) is 0. The molecule has 4 nitrogen and oxygen atoms in total. The van der Waals surface area contributed by atoms with Crippen LogP contribution in [0.3, 0.4) is 0 Å². The number of thiazole rings is 1. The fourth-order valence-corrected chi connectivity index (χ4v) is 1.92. The van der Waals surface area contributed by atoms with E-state index in [0.29, 0.717) is 0 Å². The van der Waals surface area contributed by atoms with Crippen LogP contribution in [0.2, 0.25) is 0 Å². The van der Waals surface area contributed by atoms with Crippen LogP contribution >= 0.6 is 11.3 Å². The number of aromatic carboxylic acids is 1. The summed E-state index contributed by atoms with van der Waals surface area (Å²) in [6.45, 7) is 0. The van der Waals surface area contributed by atoms with E-state index in [-0.39, 0.29) is 5.01 Å². The molecule has 3 rings (SSSR count). The van der Waals surface area contributed by atoms with E-state index < -0.39 is 5.97 Å². The lowest BCUT2D eigenvalue weighted by molar-refractivity contribution is 0.0696. The average Bonchev–Trinajstić information content (AvgIpc) is 3.05. The van der Waals surface area contributed by atoms with Gasteiger partial charge in [-0.3, -0.25) is 0 Å². The summed E-state index contributed by atoms with van der Waals surface area (Å²) in [5.74, 6) is 0.780. The second kappa shape index (κ2) is 7.81. The van der Waals surface area contributed by atoms with Gasteiger partial charge in [-0.2, -0.15) is 0 Å². The highest BCUT2D eigenvalue weighted by Gasteiger charge is 2.01. The smallest absolute Gasteiger partial charge is 0.364 e. The number of rotatable bonds is 3. The van der Waals surface area contributed by atoms with E-state index in [1.807, 2.05) is 60.7 Å². The Hall–Kier alpha value is -2.66. The van der Waals surface area contributed by atoms with Gasteiger partial charge in [0.25, 0.3) is 0 Å². The Morgan fingerprint density at radius 2 is 1.48 bits per heavy atom. The number of carboxylic acids is 1. The first-order chi connectivity index (χ1) is 10.3. The molecule has 0 aliphatic heterocycles. The van der Waals surface area contributed by atoms with E-state index in [2.05, 4.69) is 4.98 Å². The third-order valence-electron chi connectivity index (χ3n) is 2.34. The largest absolute Gasteiger partial charge is 0.476 e. The first kappa shape index (κ1) is 14.7. The third-order valence-corrected chi connectivity index (χ3v) is 3.10. The zero-order chi connectivity index (χ0) is 14.9. The quantitative estimate of drug-likeness (QED) is 0.782. The lowest BCUT2D eigenvalue weighted by atomic mass is 10.3. The van der Waals surface area contributed by atoms with Gasteiger partial charge >= 0.3 is 5.97 Å². The number of para-hydroxylation sites is 2. The monoisotopic (exact) mass is 299 g/mol. The second-order valence-corrected chi connectivity index (χ2v) is 4.77. The zero-order valence-corrected chi connectivity index (χ0v) is 11.9. The van der Waals surface area contributed by atoms with Crippen molar-refractivity contribution in [3.63, 3.8) is 0 Å². The second-order valence-electron chi connectivity index (χ2n) is 3.87. The number of ether oxygens (including phenoxy) is 1. The standard InChI is InChI=1S/C12H10O.C4H3NO2S/c1-3-7-11(8-4-1)13-12-9-5-2-6-10-12;6-4(7)3-5-1-2-8-3/h1-10H;1-2H,(H,6,7). The molecule has 0 bridgehead atoms. The summed E-state index contributed by atoms with van der Waals surface area (Å²) in [6, 6.07) is 19.5. The average molecular weight is 299 g/mol. The predicted molar refractivity (Wildman–Crippen MR) is 82.0 cm³/mol. The lowest BCUT2D eigenvalue weighted by Crippen LogP contribution is -1.92. The highest BCUT2D eigenvalue weighted by Crippen LogP contribution is 2.19. The van der Waals surface area contributed by atoms with Crippen molar-refractivity contribution in [1.82, 2.24) is 4.98 Å². The van der Waals surface area contributed by atoms with Gasteiger partial charge in [-0.05, 0) is 24.3 Å². The van der Waals surface area contributed by atoms with Gasteiger partial charge in [0.05, 0.1) is 0 Å². The van der Waals surface area contributed by atoms with Crippen LogP contribution in [-0.4, -0.2) is 16.1 Å². The minimum absolute atomic E-state index is 0.144. The van der Waals surface area contributed by atoms with E-state index in [4.69, 9.17) is 9.84 Å². The normalized spacial score (nSPS) is 9.33. The summed E-state index contributed by atoms with van der Waals surface area (Å²) in [4.78, 5) is 13.5. The van der Waals surface area contributed by atoms with Crippen LogP contribution in [0.25, 0.3) is 0 Å².